The Morgan fingerprint density at radius 1 is 1.75 bits per heavy atom. The normalized spacial score (nSPS) is 12.8. The summed E-state index contributed by atoms with van der Waals surface area (Å²) in [6.45, 7) is 3.75. The molecule has 0 aliphatic carbocycles. The minimum atomic E-state index is -0.720. The average molecular weight is 184 g/mol. The van der Waals surface area contributed by atoms with Crippen molar-refractivity contribution in [1.29, 1.82) is 0 Å². The molecule has 0 bridgehead atoms. The average Bonchev–Trinajstić information content (AvgIpc) is 2.36. The van der Waals surface area contributed by atoms with Crippen molar-refractivity contribution in [2.24, 2.45) is 5.92 Å². The molecule has 0 aliphatic heterocycles. The zero-order valence-corrected chi connectivity index (χ0v) is 8.02. The maximum atomic E-state index is 10.5. The van der Waals surface area contributed by atoms with E-state index in [4.69, 9.17) is 5.11 Å². The van der Waals surface area contributed by atoms with Crippen LogP contribution in [0.4, 0.5) is 0 Å². The van der Waals surface area contributed by atoms with E-state index in [1.165, 1.54) is 10.4 Å². The number of carboxylic acids is 1. The Kier molecular flexibility index (Phi) is 2.87. The number of hydrogen-bond acceptors (Lipinski definition) is 2. The molecule has 0 spiro atoms. The second kappa shape index (κ2) is 3.72. The molecule has 1 N–H and O–H groups in total. The number of thiophene rings is 1. The molecule has 1 aromatic rings. The molecule has 2 nitrogen and oxygen atoms in total. The molecule has 0 fully saturated rings. The SMILES string of the molecule is Cc1ccsc1CC(C)C(=O)O. The lowest BCUT2D eigenvalue weighted by Gasteiger charge is -2.04. The third-order valence-electron chi connectivity index (χ3n) is 1.88. The van der Waals surface area contributed by atoms with Crippen LogP contribution in [-0.4, -0.2) is 11.1 Å². The summed E-state index contributed by atoms with van der Waals surface area (Å²) >= 11 is 1.63. The molecule has 1 heterocycles. The number of rotatable bonds is 3. The van der Waals surface area contributed by atoms with Crippen LogP contribution in [0.5, 0.6) is 0 Å². The fourth-order valence-electron chi connectivity index (χ4n) is 0.979. The van der Waals surface area contributed by atoms with Crippen molar-refractivity contribution in [3.63, 3.8) is 0 Å². The predicted octanol–water partition coefficient (Wildman–Crippen LogP) is 2.32. The van der Waals surface area contributed by atoms with Gasteiger partial charge in [-0.1, -0.05) is 6.92 Å². The van der Waals surface area contributed by atoms with E-state index in [0.717, 1.165) is 0 Å². The Morgan fingerprint density at radius 2 is 2.42 bits per heavy atom. The summed E-state index contributed by atoms with van der Waals surface area (Å²) in [6, 6.07) is 2.02. The van der Waals surface area contributed by atoms with Gasteiger partial charge < -0.3 is 5.11 Å². The number of carboxylic acid groups (broad SMARTS) is 1. The smallest absolute Gasteiger partial charge is 0.306 e. The van der Waals surface area contributed by atoms with Crippen molar-refractivity contribution < 1.29 is 9.90 Å². The van der Waals surface area contributed by atoms with E-state index in [1.807, 2.05) is 18.4 Å². The Morgan fingerprint density at radius 3 is 2.83 bits per heavy atom. The molecule has 12 heavy (non-hydrogen) atoms. The van der Waals surface area contributed by atoms with E-state index in [2.05, 4.69) is 0 Å². The molecule has 0 aliphatic rings. The van der Waals surface area contributed by atoms with Crippen LogP contribution in [0.1, 0.15) is 17.4 Å². The summed E-state index contributed by atoms with van der Waals surface area (Å²) in [4.78, 5) is 11.7. The first-order valence-corrected chi connectivity index (χ1v) is 4.75. The molecule has 0 aromatic carbocycles. The molecule has 0 amide bonds. The van der Waals surface area contributed by atoms with Crippen molar-refractivity contribution in [1.82, 2.24) is 0 Å². The molecular weight excluding hydrogens is 172 g/mol. The van der Waals surface area contributed by atoms with Crippen LogP contribution in [-0.2, 0) is 11.2 Å². The highest BCUT2D eigenvalue weighted by atomic mass is 32.1. The molecule has 66 valence electrons. The van der Waals surface area contributed by atoms with E-state index in [9.17, 15) is 4.79 Å². The van der Waals surface area contributed by atoms with Crippen molar-refractivity contribution in [2.45, 2.75) is 20.3 Å². The third kappa shape index (κ3) is 2.08. The van der Waals surface area contributed by atoms with Crippen molar-refractivity contribution in [3.8, 4) is 0 Å². The van der Waals surface area contributed by atoms with Gasteiger partial charge in [-0.15, -0.1) is 11.3 Å². The fourth-order valence-corrected chi connectivity index (χ4v) is 2.02. The Hall–Kier alpha value is -0.830. The second-order valence-corrected chi connectivity index (χ2v) is 3.97. The summed E-state index contributed by atoms with van der Waals surface area (Å²) in [6.07, 6.45) is 0.652. The molecule has 1 rings (SSSR count). The molecule has 1 atom stereocenters. The lowest BCUT2D eigenvalue weighted by atomic mass is 10.1. The van der Waals surface area contributed by atoms with Crippen LogP contribution in [0.2, 0.25) is 0 Å². The monoisotopic (exact) mass is 184 g/mol. The van der Waals surface area contributed by atoms with Crippen LogP contribution in [0.25, 0.3) is 0 Å². The maximum absolute atomic E-state index is 10.5. The number of aliphatic carboxylic acids is 1. The van der Waals surface area contributed by atoms with Crippen LogP contribution in [0, 0.1) is 12.8 Å². The lowest BCUT2D eigenvalue weighted by Crippen LogP contribution is -2.11. The number of hydrogen-bond donors (Lipinski definition) is 1. The van der Waals surface area contributed by atoms with E-state index >= 15 is 0 Å². The fraction of sp³-hybridized carbons (Fsp3) is 0.444. The zero-order chi connectivity index (χ0) is 9.14. The summed E-state index contributed by atoms with van der Waals surface area (Å²) < 4.78 is 0. The van der Waals surface area contributed by atoms with Gasteiger partial charge in [-0.3, -0.25) is 4.79 Å². The molecular formula is C9H12O2S. The summed E-state index contributed by atoms with van der Waals surface area (Å²) in [5.41, 5.74) is 1.20. The van der Waals surface area contributed by atoms with Gasteiger partial charge in [-0.2, -0.15) is 0 Å². The highest BCUT2D eigenvalue weighted by Gasteiger charge is 2.13. The van der Waals surface area contributed by atoms with Gasteiger partial charge in [0.25, 0.3) is 0 Å². The molecule has 1 aromatic heterocycles. The van der Waals surface area contributed by atoms with E-state index in [0.29, 0.717) is 6.42 Å². The zero-order valence-electron chi connectivity index (χ0n) is 7.20. The first-order chi connectivity index (χ1) is 5.61. The molecule has 0 radical (unpaired) electrons. The van der Waals surface area contributed by atoms with Crippen molar-refractivity contribution in [2.75, 3.05) is 0 Å². The molecule has 0 saturated carbocycles. The van der Waals surface area contributed by atoms with Gasteiger partial charge in [0.05, 0.1) is 5.92 Å². The van der Waals surface area contributed by atoms with E-state index < -0.39 is 5.97 Å². The van der Waals surface area contributed by atoms with Crippen LogP contribution < -0.4 is 0 Å². The van der Waals surface area contributed by atoms with Gasteiger partial charge in [-0.25, -0.2) is 0 Å². The minimum absolute atomic E-state index is 0.276. The van der Waals surface area contributed by atoms with Crippen LogP contribution in [0.3, 0.4) is 0 Å². The number of carbonyl (C=O) groups is 1. The highest BCUT2D eigenvalue weighted by molar-refractivity contribution is 7.10. The molecule has 1 unspecified atom stereocenters. The summed E-state index contributed by atoms with van der Waals surface area (Å²) in [5, 5.41) is 10.7. The van der Waals surface area contributed by atoms with Crippen molar-refractivity contribution >= 4 is 17.3 Å². The van der Waals surface area contributed by atoms with Crippen LogP contribution in [0.15, 0.2) is 11.4 Å². The first kappa shape index (κ1) is 9.26. The lowest BCUT2D eigenvalue weighted by molar-refractivity contribution is -0.141. The van der Waals surface area contributed by atoms with Gasteiger partial charge in [0.2, 0.25) is 0 Å². The van der Waals surface area contributed by atoms with Gasteiger partial charge in [-0.05, 0) is 30.4 Å². The summed E-state index contributed by atoms with van der Waals surface area (Å²) in [5.74, 6) is -0.995. The minimum Gasteiger partial charge on any atom is -0.481 e. The van der Waals surface area contributed by atoms with Gasteiger partial charge in [0.1, 0.15) is 0 Å². The first-order valence-electron chi connectivity index (χ1n) is 3.87. The molecule has 3 heteroatoms. The maximum Gasteiger partial charge on any atom is 0.306 e. The largest absolute Gasteiger partial charge is 0.481 e. The Labute approximate surface area is 75.9 Å². The highest BCUT2D eigenvalue weighted by Crippen LogP contribution is 2.19. The van der Waals surface area contributed by atoms with Gasteiger partial charge in [0, 0.05) is 4.88 Å². The third-order valence-corrected chi connectivity index (χ3v) is 2.93. The molecule has 0 saturated heterocycles. The van der Waals surface area contributed by atoms with Crippen molar-refractivity contribution in [3.05, 3.63) is 21.9 Å². The number of aryl methyl sites for hydroxylation is 1. The summed E-state index contributed by atoms with van der Waals surface area (Å²) in [7, 11) is 0. The van der Waals surface area contributed by atoms with Gasteiger partial charge in [0.15, 0.2) is 0 Å². The Balaban J connectivity index is 2.64. The second-order valence-electron chi connectivity index (χ2n) is 2.97. The standard InChI is InChI=1S/C9H12O2S/c1-6-3-4-12-8(6)5-7(2)9(10)11/h3-4,7H,5H2,1-2H3,(H,10,11). The quantitative estimate of drug-likeness (QED) is 0.782. The van der Waals surface area contributed by atoms with Crippen LogP contribution >= 0.6 is 11.3 Å². The van der Waals surface area contributed by atoms with Gasteiger partial charge >= 0.3 is 5.97 Å². The van der Waals surface area contributed by atoms with E-state index in [-0.39, 0.29) is 5.92 Å². The van der Waals surface area contributed by atoms with E-state index in [1.54, 1.807) is 18.3 Å². The topological polar surface area (TPSA) is 37.3 Å². The predicted molar refractivity (Wildman–Crippen MR) is 49.6 cm³/mol. The Bertz CT molecular complexity index is 278.